The van der Waals surface area contributed by atoms with Crippen molar-refractivity contribution in [3.05, 3.63) is 0 Å². The van der Waals surface area contributed by atoms with Crippen LogP contribution < -0.4 is 10.6 Å². The lowest BCUT2D eigenvalue weighted by Crippen LogP contribution is -2.31. The highest BCUT2D eigenvalue weighted by atomic mass is 16.1. The van der Waals surface area contributed by atoms with E-state index in [-0.39, 0.29) is 5.91 Å². The lowest BCUT2D eigenvalue weighted by atomic mass is 10.0. The van der Waals surface area contributed by atoms with Gasteiger partial charge in [0.05, 0.1) is 0 Å². The van der Waals surface area contributed by atoms with Crippen molar-refractivity contribution in [3.63, 3.8) is 0 Å². The van der Waals surface area contributed by atoms with Crippen LogP contribution in [0, 0.1) is 5.92 Å². The molecule has 2 N–H and O–H groups in total. The van der Waals surface area contributed by atoms with Crippen molar-refractivity contribution in [2.45, 2.75) is 57.4 Å². The fourth-order valence-corrected chi connectivity index (χ4v) is 2.94. The zero-order chi connectivity index (χ0) is 11.2. The molecule has 1 amide bonds. The van der Waals surface area contributed by atoms with Crippen molar-refractivity contribution in [1.29, 1.82) is 0 Å². The zero-order valence-corrected chi connectivity index (χ0v) is 10.1. The van der Waals surface area contributed by atoms with Crippen LogP contribution in [-0.4, -0.2) is 25.0 Å². The first-order valence-electron chi connectivity index (χ1n) is 6.84. The van der Waals surface area contributed by atoms with Gasteiger partial charge >= 0.3 is 0 Å². The van der Waals surface area contributed by atoms with Crippen molar-refractivity contribution < 1.29 is 4.79 Å². The molecule has 1 heterocycles. The van der Waals surface area contributed by atoms with E-state index in [0.717, 1.165) is 25.9 Å². The summed E-state index contributed by atoms with van der Waals surface area (Å²) in [6.45, 7) is 2.00. The molecule has 1 atom stereocenters. The van der Waals surface area contributed by atoms with Gasteiger partial charge in [-0.2, -0.15) is 0 Å². The second-order valence-corrected chi connectivity index (χ2v) is 5.29. The van der Waals surface area contributed by atoms with Gasteiger partial charge < -0.3 is 10.6 Å². The van der Waals surface area contributed by atoms with Gasteiger partial charge in [-0.15, -0.1) is 0 Å². The minimum Gasteiger partial charge on any atom is -0.356 e. The van der Waals surface area contributed by atoms with E-state index < -0.39 is 0 Å². The summed E-state index contributed by atoms with van der Waals surface area (Å²) in [7, 11) is 0. The highest BCUT2D eigenvalue weighted by molar-refractivity contribution is 5.76. The van der Waals surface area contributed by atoms with Crippen molar-refractivity contribution >= 4 is 5.91 Å². The molecular formula is C13H24N2O. The largest absolute Gasteiger partial charge is 0.356 e. The third kappa shape index (κ3) is 3.78. The molecule has 2 aliphatic rings. The summed E-state index contributed by atoms with van der Waals surface area (Å²) in [6, 6.07) is 0.645. The van der Waals surface area contributed by atoms with Gasteiger partial charge in [0.1, 0.15) is 0 Å². The average Bonchev–Trinajstić information content (AvgIpc) is 2.90. The fraction of sp³-hybridized carbons (Fsp3) is 0.923. The summed E-state index contributed by atoms with van der Waals surface area (Å²) in [6.07, 6.45) is 9.59. The highest BCUT2D eigenvalue weighted by Crippen LogP contribution is 2.27. The summed E-state index contributed by atoms with van der Waals surface area (Å²) in [5.74, 6) is 0.939. The van der Waals surface area contributed by atoms with Crippen LogP contribution in [0.3, 0.4) is 0 Å². The molecule has 2 fully saturated rings. The number of hydrogen-bond acceptors (Lipinski definition) is 2. The Balaban J connectivity index is 1.52. The van der Waals surface area contributed by atoms with Gasteiger partial charge in [-0.3, -0.25) is 4.79 Å². The van der Waals surface area contributed by atoms with E-state index in [1.165, 1.54) is 38.5 Å². The molecule has 3 heteroatoms. The Hall–Kier alpha value is -0.570. The molecular weight excluding hydrogens is 200 g/mol. The Morgan fingerprint density at radius 3 is 2.69 bits per heavy atom. The maximum absolute atomic E-state index is 11.6. The Kier molecular flexibility index (Phi) is 4.64. The average molecular weight is 224 g/mol. The number of carbonyl (C=O) groups excluding carboxylic acids is 1. The molecule has 1 aliphatic carbocycles. The molecule has 1 saturated heterocycles. The van der Waals surface area contributed by atoms with E-state index in [1.807, 2.05) is 0 Å². The molecule has 92 valence electrons. The summed E-state index contributed by atoms with van der Waals surface area (Å²) < 4.78 is 0. The fourth-order valence-electron chi connectivity index (χ4n) is 2.94. The maximum Gasteiger partial charge on any atom is 0.220 e. The number of amides is 1. The molecule has 1 aliphatic heterocycles. The molecule has 0 spiro atoms. The molecule has 3 nitrogen and oxygen atoms in total. The highest BCUT2D eigenvalue weighted by Gasteiger charge is 2.18. The van der Waals surface area contributed by atoms with Crippen LogP contribution in [0.4, 0.5) is 0 Å². The van der Waals surface area contributed by atoms with Crippen LogP contribution in [0.2, 0.25) is 0 Å². The van der Waals surface area contributed by atoms with Gasteiger partial charge in [-0.05, 0) is 44.6 Å². The van der Waals surface area contributed by atoms with E-state index in [0.29, 0.717) is 12.0 Å². The minimum absolute atomic E-state index is 0.268. The van der Waals surface area contributed by atoms with Gasteiger partial charge in [0.25, 0.3) is 0 Å². The quantitative estimate of drug-likeness (QED) is 0.748. The Morgan fingerprint density at radius 1 is 1.19 bits per heavy atom. The van der Waals surface area contributed by atoms with Crippen molar-refractivity contribution in [2.75, 3.05) is 13.1 Å². The van der Waals surface area contributed by atoms with Crippen LogP contribution in [-0.2, 0) is 4.79 Å². The molecule has 1 saturated carbocycles. The van der Waals surface area contributed by atoms with Crippen molar-refractivity contribution in [2.24, 2.45) is 5.92 Å². The van der Waals surface area contributed by atoms with Gasteiger partial charge in [0.15, 0.2) is 0 Å². The number of rotatable bonds is 5. The maximum atomic E-state index is 11.6. The predicted octanol–water partition coefficient (Wildman–Crippen LogP) is 1.82. The van der Waals surface area contributed by atoms with Gasteiger partial charge in [-0.25, -0.2) is 0 Å². The lowest BCUT2D eigenvalue weighted by molar-refractivity contribution is -0.122. The molecule has 2 rings (SSSR count). The molecule has 0 aromatic heterocycles. The van der Waals surface area contributed by atoms with Gasteiger partial charge in [0.2, 0.25) is 5.91 Å². The second-order valence-electron chi connectivity index (χ2n) is 5.29. The Labute approximate surface area is 98.4 Å². The van der Waals surface area contributed by atoms with E-state index >= 15 is 0 Å². The first-order chi connectivity index (χ1) is 7.84. The third-order valence-corrected chi connectivity index (χ3v) is 3.93. The molecule has 0 aromatic rings. The van der Waals surface area contributed by atoms with Crippen LogP contribution in [0.1, 0.15) is 51.4 Å². The molecule has 0 bridgehead atoms. The van der Waals surface area contributed by atoms with Crippen LogP contribution in [0.25, 0.3) is 0 Å². The van der Waals surface area contributed by atoms with E-state index in [1.54, 1.807) is 0 Å². The smallest absolute Gasteiger partial charge is 0.220 e. The zero-order valence-electron chi connectivity index (χ0n) is 10.1. The first-order valence-corrected chi connectivity index (χ1v) is 6.84. The SMILES string of the molecule is O=C(CC1CCCC1)NCC[C@H]1CCCN1. The van der Waals surface area contributed by atoms with E-state index in [4.69, 9.17) is 0 Å². The third-order valence-electron chi connectivity index (χ3n) is 3.93. The first kappa shape index (κ1) is 11.9. The van der Waals surface area contributed by atoms with Crippen molar-refractivity contribution in [1.82, 2.24) is 10.6 Å². The van der Waals surface area contributed by atoms with Crippen LogP contribution >= 0.6 is 0 Å². The lowest BCUT2D eigenvalue weighted by Gasteiger charge is -2.12. The summed E-state index contributed by atoms with van der Waals surface area (Å²) in [5, 5.41) is 6.51. The predicted molar refractivity (Wildman–Crippen MR) is 65.2 cm³/mol. The molecule has 0 unspecified atom stereocenters. The normalized spacial score (nSPS) is 26.1. The monoisotopic (exact) mass is 224 g/mol. The Morgan fingerprint density at radius 2 is 2.00 bits per heavy atom. The molecule has 0 aromatic carbocycles. The summed E-state index contributed by atoms with van der Waals surface area (Å²) in [5.41, 5.74) is 0. The topological polar surface area (TPSA) is 41.1 Å². The van der Waals surface area contributed by atoms with Crippen LogP contribution in [0.5, 0.6) is 0 Å². The standard InChI is InChI=1S/C13H24N2O/c16-13(10-11-4-1-2-5-11)15-9-7-12-6-3-8-14-12/h11-12,14H,1-10H2,(H,15,16)/t12-/m1/s1. The van der Waals surface area contributed by atoms with E-state index in [9.17, 15) is 4.79 Å². The second kappa shape index (κ2) is 6.24. The van der Waals surface area contributed by atoms with Crippen LogP contribution in [0.15, 0.2) is 0 Å². The number of nitrogens with one attached hydrogen (secondary N) is 2. The number of carbonyl (C=O) groups is 1. The summed E-state index contributed by atoms with van der Waals surface area (Å²) in [4.78, 5) is 11.6. The van der Waals surface area contributed by atoms with E-state index in [2.05, 4.69) is 10.6 Å². The minimum atomic E-state index is 0.268. The molecule has 16 heavy (non-hydrogen) atoms. The van der Waals surface area contributed by atoms with Gasteiger partial charge in [0, 0.05) is 19.0 Å². The number of hydrogen-bond donors (Lipinski definition) is 2. The van der Waals surface area contributed by atoms with Crippen molar-refractivity contribution in [3.8, 4) is 0 Å². The summed E-state index contributed by atoms with van der Waals surface area (Å²) >= 11 is 0. The Bertz CT molecular complexity index is 218. The molecule has 0 radical (unpaired) electrons. The van der Waals surface area contributed by atoms with Gasteiger partial charge in [-0.1, -0.05) is 12.8 Å².